The first-order valence-corrected chi connectivity index (χ1v) is 5.57. The van der Waals surface area contributed by atoms with Crippen LogP contribution >= 0.6 is 12.2 Å². The van der Waals surface area contributed by atoms with Gasteiger partial charge in [-0.15, -0.1) is 5.10 Å². The Balaban J connectivity index is 2.59. The quantitative estimate of drug-likeness (QED) is 0.808. The Labute approximate surface area is 105 Å². The van der Waals surface area contributed by atoms with E-state index in [0.29, 0.717) is 16.6 Å². The number of hydrogen-bond donors (Lipinski definition) is 1. The molecule has 0 aliphatic heterocycles. The Morgan fingerprint density at radius 1 is 1.24 bits per heavy atom. The minimum atomic E-state index is 0.353. The zero-order chi connectivity index (χ0) is 12.6. The van der Waals surface area contributed by atoms with E-state index in [1.807, 2.05) is 32.9 Å². The molecule has 0 aromatic carbocycles. The molecule has 88 valence electrons. The molecule has 17 heavy (non-hydrogen) atoms. The highest BCUT2D eigenvalue weighted by Gasteiger charge is 2.09. The van der Waals surface area contributed by atoms with E-state index in [1.54, 1.807) is 4.68 Å². The highest BCUT2D eigenvalue weighted by atomic mass is 32.1. The summed E-state index contributed by atoms with van der Waals surface area (Å²) in [6, 6.07) is 3.67. The molecule has 2 aromatic heterocycles. The van der Waals surface area contributed by atoms with E-state index < -0.39 is 0 Å². The van der Waals surface area contributed by atoms with Crippen LogP contribution < -0.4 is 5.73 Å². The van der Waals surface area contributed by atoms with Crippen molar-refractivity contribution >= 4 is 17.2 Å². The van der Waals surface area contributed by atoms with Crippen LogP contribution in [0.5, 0.6) is 0 Å². The Morgan fingerprint density at radius 3 is 2.47 bits per heavy atom. The fourth-order valence-corrected chi connectivity index (χ4v) is 1.76. The summed E-state index contributed by atoms with van der Waals surface area (Å²) in [6.45, 7) is 5.61. The molecule has 0 saturated carbocycles. The first kappa shape index (κ1) is 11.7. The summed E-state index contributed by atoms with van der Waals surface area (Å²) in [5.41, 5.74) is 7.26. The second-order valence-electron chi connectivity index (χ2n) is 3.84. The minimum Gasteiger partial charge on any atom is -0.389 e. The Hall–Kier alpha value is -1.82. The molecule has 0 fully saturated rings. The van der Waals surface area contributed by atoms with Gasteiger partial charge in [0.1, 0.15) is 16.6 Å². The van der Waals surface area contributed by atoms with Crippen LogP contribution in [0, 0.1) is 20.8 Å². The van der Waals surface area contributed by atoms with Crippen LogP contribution in [0.4, 0.5) is 0 Å². The maximum absolute atomic E-state index is 5.63. The van der Waals surface area contributed by atoms with Crippen LogP contribution in [0.15, 0.2) is 12.1 Å². The lowest BCUT2D eigenvalue weighted by Crippen LogP contribution is -2.12. The molecule has 0 aliphatic rings. The fourth-order valence-electron chi connectivity index (χ4n) is 1.64. The maximum Gasteiger partial charge on any atom is 0.156 e. The van der Waals surface area contributed by atoms with Crippen molar-refractivity contribution < 1.29 is 0 Å². The summed E-state index contributed by atoms with van der Waals surface area (Å²) >= 11 is 4.97. The molecule has 0 atom stereocenters. The van der Waals surface area contributed by atoms with E-state index in [2.05, 4.69) is 15.1 Å². The standard InChI is InChI=1S/C11H13N5S/c1-6-4-9(11(12)17)5-10(13-6)16-8(3)14-7(2)15-16/h4-5H,1-3H3,(H2,12,17). The van der Waals surface area contributed by atoms with Crippen molar-refractivity contribution in [2.75, 3.05) is 0 Å². The van der Waals surface area contributed by atoms with Crippen molar-refractivity contribution in [3.8, 4) is 5.82 Å². The number of thiocarbonyl (C=S) groups is 1. The highest BCUT2D eigenvalue weighted by molar-refractivity contribution is 7.80. The molecule has 2 heterocycles. The third kappa shape index (κ3) is 2.31. The lowest BCUT2D eigenvalue weighted by atomic mass is 10.2. The summed E-state index contributed by atoms with van der Waals surface area (Å²) in [6.07, 6.45) is 0. The van der Waals surface area contributed by atoms with Crippen molar-refractivity contribution in [2.24, 2.45) is 5.73 Å². The fraction of sp³-hybridized carbons (Fsp3) is 0.273. The van der Waals surface area contributed by atoms with Crippen LogP contribution in [0.1, 0.15) is 22.9 Å². The normalized spacial score (nSPS) is 10.5. The third-order valence-electron chi connectivity index (χ3n) is 2.32. The van der Waals surface area contributed by atoms with Crippen LogP contribution in [0.25, 0.3) is 5.82 Å². The van der Waals surface area contributed by atoms with Gasteiger partial charge in [0.05, 0.1) is 0 Å². The van der Waals surface area contributed by atoms with Gasteiger partial charge in [-0.3, -0.25) is 0 Å². The monoisotopic (exact) mass is 247 g/mol. The van der Waals surface area contributed by atoms with Gasteiger partial charge >= 0.3 is 0 Å². The van der Waals surface area contributed by atoms with Crippen molar-refractivity contribution in [1.82, 2.24) is 19.7 Å². The second kappa shape index (κ2) is 4.21. The highest BCUT2D eigenvalue weighted by Crippen LogP contribution is 2.11. The molecule has 0 unspecified atom stereocenters. The number of aromatic nitrogens is 4. The SMILES string of the molecule is Cc1cc(C(N)=S)cc(-n2nc(C)nc2C)n1. The molecular formula is C11H13N5S. The van der Waals surface area contributed by atoms with Gasteiger partial charge in [-0.1, -0.05) is 12.2 Å². The molecule has 6 heteroatoms. The number of hydrogen-bond acceptors (Lipinski definition) is 4. The molecule has 2 aromatic rings. The zero-order valence-corrected chi connectivity index (χ0v) is 10.7. The van der Waals surface area contributed by atoms with Gasteiger partial charge in [0.2, 0.25) is 0 Å². The van der Waals surface area contributed by atoms with Crippen molar-refractivity contribution in [3.63, 3.8) is 0 Å². The van der Waals surface area contributed by atoms with Crippen molar-refractivity contribution in [1.29, 1.82) is 0 Å². The van der Waals surface area contributed by atoms with Gasteiger partial charge in [0.25, 0.3) is 0 Å². The minimum absolute atomic E-state index is 0.353. The van der Waals surface area contributed by atoms with Gasteiger partial charge in [-0.05, 0) is 32.9 Å². The van der Waals surface area contributed by atoms with Crippen LogP contribution in [-0.2, 0) is 0 Å². The van der Waals surface area contributed by atoms with Gasteiger partial charge in [0, 0.05) is 11.3 Å². The topological polar surface area (TPSA) is 69.6 Å². The second-order valence-corrected chi connectivity index (χ2v) is 4.28. The molecule has 2 rings (SSSR count). The van der Waals surface area contributed by atoms with E-state index >= 15 is 0 Å². The number of nitrogens with zero attached hydrogens (tertiary/aromatic N) is 4. The number of aryl methyl sites for hydroxylation is 3. The zero-order valence-electron chi connectivity index (χ0n) is 9.93. The van der Waals surface area contributed by atoms with E-state index in [4.69, 9.17) is 18.0 Å². The number of nitrogens with two attached hydrogens (primary N) is 1. The molecule has 0 aliphatic carbocycles. The first-order chi connectivity index (χ1) is 7.97. The van der Waals surface area contributed by atoms with Crippen LogP contribution in [-0.4, -0.2) is 24.7 Å². The average Bonchev–Trinajstić information content (AvgIpc) is 2.57. The molecule has 2 N–H and O–H groups in total. The van der Waals surface area contributed by atoms with E-state index in [0.717, 1.165) is 17.1 Å². The van der Waals surface area contributed by atoms with Gasteiger partial charge < -0.3 is 5.73 Å². The van der Waals surface area contributed by atoms with Gasteiger partial charge in [-0.2, -0.15) is 4.68 Å². The Morgan fingerprint density at radius 2 is 1.94 bits per heavy atom. The van der Waals surface area contributed by atoms with Crippen LogP contribution in [0.3, 0.4) is 0 Å². The van der Waals surface area contributed by atoms with E-state index in [9.17, 15) is 0 Å². The van der Waals surface area contributed by atoms with E-state index in [1.165, 1.54) is 0 Å². The molecular weight excluding hydrogens is 234 g/mol. The summed E-state index contributed by atoms with van der Waals surface area (Å²) in [5.74, 6) is 2.18. The first-order valence-electron chi connectivity index (χ1n) is 5.16. The Kier molecular flexibility index (Phi) is 2.89. The van der Waals surface area contributed by atoms with E-state index in [-0.39, 0.29) is 0 Å². The molecule has 0 radical (unpaired) electrons. The predicted octanol–water partition coefficient (Wildman–Crippen LogP) is 1.22. The number of rotatable bonds is 2. The molecule has 0 spiro atoms. The van der Waals surface area contributed by atoms with Crippen molar-refractivity contribution in [3.05, 3.63) is 35.0 Å². The molecule has 0 bridgehead atoms. The van der Waals surface area contributed by atoms with Gasteiger partial charge in [-0.25, -0.2) is 9.97 Å². The van der Waals surface area contributed by atoms with Crippen molar-refractivity contribution in [2.45, 2.75) is 20.8 Å². The smallest absolute Gasteiger partial charge is 0.156 e. The number of pyridine rings is 1. The summed E-state index contributed by atoms with van der Waals surface area (Å²) < 4.78 is 1.68. The lowest BCUT2D eigenvalue weighted by Gasteiger charge is -2.06. The molecule has 0 amide bonds. The summed E-state index contributed by atoms with van der Waals surface area (Å²) in [5, 5.41) is 4.28. The molecule has 0 saturated heterocycles. The summed E-state index contributed by atoms with van der Waals surface area (Å²) in [7, 11) is 0. The average molecular weight is 247 g/mol. The van der Waals surface area contributed by atoms with Gasteiger partial charge in [0.15, 0.2) is 5.82 Å². The lowest BCUT2D eigenvalue weighted by molar-refractivity contribution is 0.799. The third-order valence-corrected chi connectivity index (χ3v) is 2.55. The summed E-state index contributed by atoms with van der Waals surface area (Å²) in [4.78, 5) is 9.00. The van der Waals surface area contributed by atoms with Crippen LogP contribution in [0.2, 0.25) is 0 Å². The Bertz CT molecular complexity index is 588. The largest absolute Gasteiger partial charge is 0.389 e. The maximum atomic E-state index is 5.63. The molecule has 5 nitrogen and oxygen atoms in total. The predicted molar refractivity (Wildman–Crippen MR) is 69.3 cm³/mol.